The molecule has 0 radical (unpaired) electrons. The van der Waals surface area contributed by atoms with E-state index >= 15 is 0 Å². The Bertz CT molecular complexity index is 1200. The van der Waals surface area contributed by atoms with E-state index in [0.717, 1.165) is 10.9 Å². The lowest BCUT2D eigenvalue weighted by Gasteiger charge is -2.28. The third-order valence-corrected chi connectivity index (χ3v) is 8.66. The average Bonchev–Trinajstić information content (AvgIpc) is 3.05. The topological polar surface area (TPSA) is 84.4 Å². The minimum absolute atomic E-state index is 0.00621. The molecule has 1 aromatic heterocycles. The zero-order chi connectivity index (χ0) is 19.8. The van der Waals surface area contributed by atoms with Gasteiger partial charge in [0.05, 0.1) is 17.0 Å². The van der Waals surface area contributed by atoms with Crippen molar-refractivity contribution in [3.8, 4) is 0 Å². The van der Waals surface area contributed by atoms with Gasteiger partial charge in [0.25, 0.3) is 0 Å². The predicted molar refractivity (Wildman–Crippen MR) is 108 cm³/mol. The van der Waals surface area contributed by atoms with E-state index in [4.69, 9.17) is 0 Å². The largest absolute Gasteiger partial charge is 0.255 e. The molecule has 0 bridgehead atoms. The van der Waals surface area contributed by atoms with Gasteiger partial charge in [0.15, 0.2) is 9.84 Å². The van der Waals surface area contributed by atoms with Gasteiger partial charge in [-0.05, 0) is 24.1 Å². The van der Waals surface area contributed by atoms with Crippen molar-refractivity contribution in [2.75, 3.05) is 11.5 Å². The van der Waals surface area contributed by atoms with E-state index in [1.165, 1.54) is 10.4 Å². The summed E-state index contributed by atoms with van der Waals surface area (Å²) in [4.78, 5) is 4.37. The first kappa shape index (κ1) is 19.0. The van der Waals surface area contributed by atoms with Gasteiger partial charge in [0.2, 0.25) is 10.0 Å². The van der Waals surface area contributed by atoms with Crippen LogP contribution in [0.2, 0.25) is 0 Å². The van der Waals surface area contributed by atoms with Crippen molar-refractivity contribution >= 4 is 30.8 Å². The molecule has 1 saturated heterocycles. The maximum absolute atomic E-state index is 13.6. The molecule has 1 aliphatic heterocycles. The third kappa shape index (κ3) is 3.67. The first-order valence-electron chi connectivity index (χ1n) is 8.97. The number of benzene rings is 2. The quantitative estimate of drug-likeness (QED) is 0.638. The second kappa shape index (κ2) is 7.27. The summed E-state index contributed by atoms with van der Waals surface area (Å²) in [6.45, 7) is 0.118. The number of hydrogen-bond acceptors (Lipinski definition) is 5. The molecule has 0 saturated carbocycles. The van der Waals surface area contributed by atoms with Gasteiger partial charge in [0, 0.05) is 24.2 Å². The van der Waals surface area contributed by atoms with Crippen LogP contribution in [-0.4, -0.2) is 43.7 Å². The molecule has 146 valence electrons. The Morgan fingerprint density at radius 2 is 1.75 bits per heavy atom. The van der Waals surface area contributed by atoms with Crippen LogP contribution in [0.5, 0.6) is 0 Å². The lowest BCUT2D eigenvalue weighted by Crippen LogP contribution is -2.40. The van der Waals surface area contributed by atoms with Crippen LogP contribution in [0.4, 0.5) is 0 Å². The monoisotopic (exact) mass is 416 g/mol. The maximum Gasteiger partial charge on any atom is 0.245 e. The molecule has 28 heavy (non-hydrogen) atoms. The smallest absolute Gasteiger partial charge is 0.245 e. The van der Waals surface area contributed by atoms with E-state index in [9.17, 15) is 16.8 Å². The highest BCUT2D eigenvalue weighted by Gasteiger charge is 2.39. The Kier molecular flexibility index (Phi) is 4.95. The summed E-state index contributed by atoms with van der Waals surface area (Å²) in [6.07, 6.45) is 1.86. The molecule has 0 amide bonds. The molecule has 6 nitrogen and oxygen atoms in total. The number of pyridine rings is 1. The number of nitrogens with zero attached hydrogens (tertiary/aromatic N) is 2. The van der Waals surface area contributed by atoms with Crippen molar-refractivity contribution in [3.63, 3.8) is 0 Å². The van der Waals surface area contributed by atoms with Gasteiger partial charge in [0.1, 0.15) is 4.90 Å². The number of para-hydroxylation sites is 1. The first-order chi connectivity index (χ1) is 13.4. The van der Waals surface area contributed by atoms with Crippen LogP contribution in [0.15, 0.2) is 71.8 Å². The summed E-state index contributed by atoms with van der Waals surface area (Å²) >= 11 is 0. The van der Waals surface area contributed by atoms with Gasteiger partial charge in [-0.25, -0.2) is 16.8 Å². The summed E-state index contributed by atoms with van der Waals surface area (Å²) in [6, 6.07) is 17.2. The highest BCUT2D eigenvalue weighted by Crippen LogP contribution is 2.30. The number of sulfone groups is 1. The van der Waals surface area contributed by atoms with Gasteiger partial charge in [-0.15, -0.1) is 0 Å². The Hall–Kier alpha value is -2.29. The highest BCUT2D eigenvalue weighted by molar-refractivity contribution is 7.92. The minimum atomic E-state index is -3.95. The van der Waals surface area contributed by atoms with Gasteiger partial charge in [-0.2, -0.15) is 4.31 Å². The van der Waals surface area contributed by atoms with E-state index in [2.05, 4.69) is 4.98 Å². The molecule has 2 heterocycles. The molecule has 1 aliphatic rings. The zero-order valence-electron chi connectivity index (χ0n) is 15.1. The van der Waals surface area contributed by atoms with Crippen LogP contribution in [-0.2, 0) is 26.4 Å². The highest BCUT2D eigenvalue weighted by atomic mass is 32.2. The third-order valence-electron chi connectivity index (χ3n) is 4.98. The lowest BCUT2D eigenvalue weighted by atomic mass is 10.2. The van der Waals surface area contributed by atoms with Crippen molar-refractivity contribution < 1.29 is 16.8 Å². The van der Waals surface area contributed by atoms with E-state index in [0.29, 0.717) is 11.9 Å². The molecular formula is C20H20N2O4S2. The Morgan fingerprint density at radius 3 is 2.46 bits per heavy atom. The van der Waals surface area contributed by atoms with Gasteiger partial charge < -0.3 is 0 Å². The van der Waals surface area contributed by atoms with E-state index in [1.54, 1.807) is 18.3 Å². The first-order valence-corrected chi connectivity index (χ1v) is 12.2. The average molecular weight is 417 g/mol. The molecule has 0 unspecified atom stereocenters. The Labute approximate surface area is 164 Å². The predicted octanol–water partition coefficient (Wildman–Crippen LogP) is 2.61. The van der Waals surface area contributed by atoms with Crippen LogP contribution in [0, 0.1) is 0 Å². The summed E-state index contributed by atoms with van der Waals surface area (Å²) in [7, 11) is -7.19. The number of hydrogen-bond donors (Lipinski definition) is 0. The molecule has 1 atom stereocenters. The fourth-order valence-electron chi connectivity index (χ4n) is 3.59. The van der Waals surface area contributed by atoms with E-state index in [-0.39, 0.29) is 22.9 Å². The number of rotatable bonds is 5. The van der Waals surface area contributed by atoms with Gasteiger partial charge in [-0.3, -0.25) is 4.98 Å². The molecule has 1 fully saturated rings. The van der Waals surface area contributed by atoms with Crippen LogP contribution in [0.3, 0.4) is 0 Å². The fraction of sp³-hybridized carbons (Fsp3) is 0.250. The van der Waals surface area contributed by atoms with Crippen molar-refractivity contribution in [1.29, 1.82) is 0 Å². The molecule has 0 aliphatic carbocycles. The zero-order valence-corrected chi connectivity index (χ0v) is 16.7. The van der Waals surface area contributed by atoms with Gasteiger partial charge >= 0.3 is 0 Å². The summed E-state index contributed by atoms with van der Waals surface area (Å²) < 4.78 is 52.7. The second-order valence-electron chi connectivity index (χ2n) is 6.92. The molecular weight excluding hydrogens is 396 g/mol. The number of aromatic nitrogens is 1. The van der Waals surface area contributed by atoms with Crippen molar-refractivity contribution in [3.05, 3.63) is 72.4 Å². The fourth-order valence-corrected chi connectivity index (χ4v) is 7.22. The number of sulfonamides is 1. The second-order valence-corrected chi connectivity index (χ2v) is 11.0. The van der Waals surface area contributed by atoms with Crippen molar-refractivity contribution in [2.24, 2.45) is 0 Å². The number of fused-ring (bicyclic) bond motifs is 1. The van der Waals surface area contributed by atoms with Crippen LogP contribution >= 0.6 is 0 Å². The van der Waals surface area contributed by atoms with Crippen LogP contribution < -0.4 is 0 Å². The molecule has 3 aromatic rings. The minimum Gasteiger partial charge on any atom is -0.255 e. The molecule has 8 heteroatoms. The van der Waals surface area contributed by atoms with E-state index in [1.807, 2.05) is 42.5 Å². The molecule has 0 N–H and O–H groups in total. The van der Waals surface area contributed by atoms with Crippen molar-refractivity contribution in [1.82, 2.24) is 9.29 Å². The summed E-state index contributed by atoms with van der Waals surface area (Å²) in [5, 5.41) is 0.724. The maximum atomic E-state index is 13.6. The molecule has 2 aromatic carbocycles. The van der Waals surface area contributed by atoms with E-state index < -0.39 is 25.9 Å². The molecule has 0 spiro atoms. The molecule has 4 rings (SSSR count). The lowest BCUT2D eigenvalue weighted by molar-refractivity contribution is 0.334. The summed E-state index contributed by atoms with van der Waals surface area (Å²) in [5.41, 5.74) is 1.20. The Balaban J connectivity index is 1.82. The normalized spacial score (nSPS) is 19.2. The van der Waals surface area contributed by atoms with Crippen LogP contribution in [0.1, 0.15) is 12.0 Å². The van der Waals surface area contributed by atoms with Gasteiger partial charge in [-0.1, -0.05) is 48.5 Å². The SMILES string of the molecule is O=S1(=O)CC[C@H](N(Cc2ccccc2)S(=O)(=O)c2cccc3cccnc23)C1. The summed E-state index contributed by atoms with van der Waals surface area (Å²) in [5.74, 6) is -0.149. The standard InChI is InChI=1S/C20H20N2O4S2/c23-27(24)13-11-18(15-27)22(14-16-6-2-1-3-7-16)28(25,26)19-10-4-8-17-9-5-12-21-20(17)19/h1-10,12,18H,11,13-15H2/t18-/m0/s1. The Morgan fingerprint density at radius 1 is 1.00 bits per heavy atom. The van der Waals surface area contributed by atoms with Crippen molar-refractivity contribution in [2.45, 2.75) is 23.9 Å². The van der Waals surface area contributed by atoms with Crippen LogP contribution in [0.25, 0.3) is 10.9 Å².